The van der Waals surface area contributed by atoms with Gasteiger partial charge in [0.2, 0.25) is 0 Å². The number of nitrogens with zero attached hydrogens (tertiary/aromatic N) is 1. The number of carbonyl (C=O) groups is 2. The van der Waals surface area contributed by atoms with Gasteiger partial charge in [-0.1, -0.05) is 38.1 Å². The molecule has 0 aromatic heterocycles. The van der Waals surface area contributed by atoms with E-state index in [9.17, 15) is 9.59 Å². The SMILES string of the molecule is C=[C-]NC(=O)[C-]1CCN(C(=O)c2ccccc2)C1.[3H]C.[Y]. The third-order valence-corrected chi connectivity index (χ3v) is 2.90. The smallest absolute Gasteiger partial charge is 0.251 e. The fraction of sp³-hybridized carbons (Fsp3) is 0.267. The van der Waals surface area contributed by atoms with Gasteiger partial charge in [-0.25, -0.2) is 0 Å². The summed E-state index contributed by atoms with van der Waals surface area (Å²) in [6, 6.07) is 9.07. The molecule has 5 heteroatoms. The summed E-state index contributed by atoms with van der Waals surface area (Å²) in [5.41, 5.74) is 0.648. The molecule has 1 aromatic rings. The Morgan fingerprint density at radius 3 is 2.65 bits per heavy atom. The molecule has 1 fully saturated rings. The van der Waals surface area contributed by atoms with E-state index in [4.69, 9.17) is 1.37 Å². The molecule has 0 aliphatic carbocycles. The first-order valence-electron chi connectivity index (χ1n) is 6.74. The Balaban J connectivity index is 0.00000128. The van der Waals surface area contributed by atoms with Crippen molar-refractivity contribution in [2.45, 2.75) is 13.8 Å². The summed E-state index contributed by atoms with van der Waals surface area (Å²) in [6.07, 6.45) is 2.95. The molecule has 0 saturated carbocycles. The normalized spacial score (nSPS) is 13.3. The maximum Gasteiger partial charge on any atom is 0.251 e. The van der Waals surface area contributed by atoms with Gasteiger partial charge < -0.3 is 20.9 Å². The van der Waals surface area contributed by atoms with E-state index in [1.807, 2.05) is 18.2 Å². The van der Waals surface area contributed by atoms with Gasteiger partial charge in [-0.2, -0.15) is 19.2 Å². The van der Waals surface area contributed by atoms with Gasteiger partial charge in [0, 0.05) is 39.6 Å². The van der Waals surface area contributed by atoms with E-state index in [1.54, 1.807) is 17.0 Å². The van der Waals surface area contributed by atoms with Crippen LogP contribution in [0.2, 0.25) is 0 Å². The van der Waals surface area contributed by atoms with Gasteiger partial charge in [0.25, 0.3) is 5.91 Å². The van der Waals surface area contributed by atoms with Crippen LogP contribution in [0.1, 0.15) is 25.6 Å². The van der Waals surface area contributed by atoms with Crippen LogP contribution < -0.4 is 5.32 Å². The van der Waals surface area contributed by atoms with Crippen LogP contribution in [0.4, 0.5) is 0 Å². The third-order valence-electron chi connectivity index (χ3n) is 2.90. The number of nitrogens with one attached hydrogen (secondary N) is 1. The molecule has 0 bridgehead atoms. The summed E-state index contributed by atoms with van der Waals surface area (Å²) in [4.78, 5) is 25.4. The molecule has 1 heterocycles. The second-order valence-corrected chi connectivity index (χ2v) is 4.08. The molecule has 20 heavy (non-hydrogen) atoms. The van der Waals surface area contributed by atoms with Gasteiger partial charge in [0.1, 0.15) is 0 Å². The van der Waals surface area contributed by atoms with E-state index < -0.39 is 0 Å². The summed E-state index contributed by atoms with van der Waals surface area (Å²) in [7, 11) is 1.25. The Bertz CT molecular complexity index is 468. The van der Waals surface area contributed by atoms with Crippen LogP contribution in [-0.2, 0) is 37.5 Å². The topological polar surface area (TPSA) is 49.4 Å². The van der Waals surface area contributed by atoms with Gasteiger partial charge in [-0.15, -0.1) is 0 Å². The molecule has 0 spiro atoms. The third kappa shape index (κ3) is 4.46. The molecular weight excluding hydrogens is 329 g/mol. The van der Waals surface area contributed by atoms with Gasteiger partial charge in [-0.05, 0) is 18.7 Å². The molecule has 2 amide bonds. The Hall–Kier alpha value is -1.13. The second-order valence-electron chi connectivity index (χ2n) is 4.08. The largest absolute Gasteiger partial charge is 0.521 e. The van der Waals surface area contributed by atoms with Gasteiger partial charge in [-0.3, -0.25) is 4.79 Å². The molecule has 1 saturated heterocycles. The zero-order valence-electron chi connectivity index (χ0n) is 12.6. The van der Waals surface area contributed by atoms with Crippen LogP contribution in [0, 0.1) is 12.1 Å². The molecule has 0 unspecified atom stereocenters. The Morgan fingerprint density at radius 2 is 2.05 bits per heavy atom. The van der Waals surface area contributed by atoms with Crippen molar-refractivity contribution in [1.29, 1.82) is 0 Å². The van der Waals surface area contributed by atoms with E-state index in [2.05, 4.69) is 18.1 Å². The van der Waals surface area contributed by atoms with Crippen molar-refractivity contribution < 1.29 is 43.7 Å². The van der Waals surface area contributed by atoms with Crippen molar-refractivity contribution in [3.05, 3.63) is 54.6 Å². The van der Waals surface area contributed by atoms with Crippen LogP contribution >= 0.6 is 0 Å². The van der Waals surface area contributed by atoms with Crippen LogP contribution in [-0.4, -0.2) is 29.8 Å². The molecule has 0 atom stereocenters. The molecule has 2 rings (SSSR count). The first-order chi connectivity index (χ1) is 9.72. The fourth-order valence-electron chi connectivity index (χ4n) is 1.95. The summed E-state index contributed by atoms with van der Waals surface area (Å²) in [6.45, 7) is 4.28. The Labute approximate surface area is 146 Å². The van der Waals surface area contributed by atoms with E-state index in [0.717, 1.165) is 0 Å². The molecule has 105 valence electrons. The predicted molar refractivity (Wildman–Crippen MR) is 73.9 cm³/mol. The maximum atomic E-state index is 12.1. The number of hydrogen-bond donors (Lipinski definition) is 1. The molecule has 1 aromatic carbocycles. The number of rotatable bonds is 3. The molecule has 4 nitrogen and oxygen atoms in total. The van der Waals surface area contributed by atoms with Crippen LogP contribution in [0.15, 0.2) is 36.9 Å². The number of likely N-dealkylation sites (tertiary alicyclic amines) is 1. The average Bonchev–Trinajstić information content (AvgIpc) is 3.00. The number of benzene rings is 1. The maximum absolute atomic E-state index is 12.1. The minimum Gasteiger partial charge on any atom is -0.521 e. The van der Waals surface area contributed by atoms with E-state index in [0.29, 0.717) is 31.0 Å². The summed E-state index contributed by atoms with van der Waals surface area (Å²) >= 11 is 0. The standard InChI is InChI=1S/C14H14N2O2.CH4.Y/c1-2-15-13(17)12-8-9-16(10-12)14(18)11-6-4-3-5-7-11;;/h3-7H,1,8-10H2,(H,15,17);1H4;/q-2;;/i;1T;. The molecule has 1 N–H and O–H groups in total. The van der Waals surface area contributed by atoms with Gasteiger partial charge in [0.15, 0.2) is 0 Å². The van der Waals surface area contributed by atoms with Crippen molar-refractivity contribution in [1.82, 2.24) is 10.2 Å². The Morgan fingerprint density at radius 1 is 1.40 bits per heavy atom. The second kappa shape index (κ2) is 8.93. The summed E-state index contributed by atoms with van der Waals surface area (Å²) < 4.78 is 5.75. The molecule has 1 aliphatic heterocycles. The van der Waals surface area contributed by atoms with Crippen molar-refractivity contribution >= 4 is 11.8 Å². The quantitative estimate of drug-likeness (QED) is 0.668. The first-order valence-corrected chi connectivity index (χ1v) is 5.74. The minimum absolute atomic E-state index is 0. The monoisotopic (exact) mass is 349 g/mol. The zero-order valence-corrected chi connectivity index (χ0v) is 14.4. The van der Waals surface area contributed by atoms with Crippen molar-refractivity contribution in [2.75, 3.05) is 13.1 Å². The van der Waals surface area contributed by atoms with Gasteiger partial charge >= 0.3 is 0 Å². The van der Waals surface area contributed by atoms with Gasteiger partial charge in [0.05, 0.1) is 0 Å². The zero-order chi connectivity index (χ0) is 15.0. The number of amides is 2. The van der Waals surface area contributed by atoms with Crippen molar-refractivity contribution in [3.8, 4) is 0 Å². The fourth-order valence-corrected chi connectivity index (χ4v) is 1.95. The molecular formula is C15H18N2O2Y-2. The molecule has 1 radical (unpaired) electrons. The molecule has 1 aliphatic rings. The van der Waals surface area contributed by atoms with Crippen LogP contribution in [0.25, 0.3) is 0 Å². The minimum atomic E-state index is -0.201. The number of hydrogen-bond acceptors (Lipinski definition) is 2. The van der Waals surface area contributed by atoms with E-state index in [-0.39, 0.29) is 44.5 Å². The van der Waals surface area contributed by atoms with E-state index >= 15 is 0 Å². The van der Waals surface area contributed by atoms with Crippen molar-refractivity contribution in [3.63, 3.8) is 0 Å². The summed E-state index contributed by atoms with van der Waals surface area (Å²) in [5, 5.41) is 2.41. The first kappa shape index (κ1) is 16.9. The van der Waals surface area contributed by atoms with Crippen LogP contribution in [0.5, 0.6) is 0 Å². The van der Waals surface area contributed by atoms with Crippen LogP contribution in [0.3, 0.4) is 0 Å². The summed E-state index contributed by atoms with van der Waals surface area (Å²) in [5.74, 6) is 0.449. The predicted octanol–water partition coefficient (Wildman–Crippen LogP) is 1.80. The Kier molecular flexibility index (Phi) is 7.56. The van der Waals surface area contributed by atoms with Crippen molar-refractivity contribution in [2.24, 2.45) is 0 Å². The van der Waals surface area contributed by atoms with E-state index in [1.165, 1.54) is 7.40 Å². The number of carbonyl (C=O) groups excluding carboxylic acids is 2. The average molecular weight is 349 g/mol.